The SMILES string of the molecule is CC1=C(C(=O)OCC[N+](=O)[O-])C(c2ccccc2C(F)(F)F)n2ccnc2N1. The second-order valence-corrected chi connectivity index (χ2v) is 6.00. The quantitative estimate of drug-likeness (QED) is 0.474. The number of ether oxygens (including phenoxy) is 1. The molecule has 0 saturated carbocycles. The molecule has 0 fully saturated rings. The van der Waals surface area contributed by atoms with Gasteiger partial charge < -0.3 is 14.6 Å². The van der Waals surface area contributed by atoms with Crippen LogP contribution < -0.4 is 5.32 Å². The van der Waals surface area contributed by atoms with Crippen molar-refractivity contribution in [3.8, 4) is 0 Å². The molecule has 1 atom stereocenters. The van der Waals surface area contributed by atoms with Gasteiger partial charge in [0.25, 0.3) is 0 Å². The molecular weight excluding hydrogens is 381 g/mol. The number of nitrogens with zero attached hydrogens (tertiary/aromatic N) is 3. The summed E-state index contributed by atoms with van der Waals surface area (Å²) in [6.45, 7) is 0.407. The number of nitro groups is 1. The van der Waals surface area contributed by atoms with Crippen LogP contribution in [0.4, 0.5) is 19.1 Å². The topological polar surface area (TPSA) is 99.3 Å². The number of carbonyl (C=O) groups excluding carboxylic acids is 1. The number of carbonyl (C=O) groups is 1. The van der Waals surface area contributed by atoms with Crippen LogP contribution in [0.3, 0.4) is 0 Å². The molecule has 0 amide bonds. The van der Waals surface area contributed by atoms with Gasteiger partial charge in [-0.1, -0.05) is 18.2 Å². The van der Waals surface area contributed by atoms with E-state index >= 15 is 0 Å². The number of alkyl halides is 3. The predicted octanol–water partition coefficient (Wildman–Crippen LogP) is 3.01. The predicted molar refractivity (Wildman–Crippen MR) is 91.0 cm³/mol. The van der Waals surface area contributed by atoms with Crippen LogP contribution in [0, 0.1) is 10.1 Å². The van der Waals surface area contributed by atoms with Crippen molar-refractivity contribution >= 4 is 11.9 Å². The average molecular weight is 396 g/mol. The highest BCUT2D eigenvalue weighted by molar-refractivity contribution is 5.92. The normalized spacial score (nSPS) is 16.4. The lowest BCUT2D eigenvalue weighted by Gasteiger charge is -2.31. The molecule has 0 saturated heterocycles. The number of hydrogen-bond donors (Lipinski definition) is 1. The van der Waals surface area contributed by atoms with Gasteiger partial charge in [-0.25, -0.2) is 9.78 Å². The molecule has 1 aliphatic heterocycles. The second kappa shape index (κ2) is 7.33. The standard InChI is InChI=1S/C17H15F3N4O4/c1-10-13(15(25)28-9-8-24(26)27)14(23-7-6-21-16(23)22-10)11-4-2-3-5-12(11)17(18,19)20/h2-7,14H,8-9H2,1H3,(H,21,22). The molecule has 11 heteroatoms. The van der Waals surface area contributed by atoms with E-state index < -0.39 is 41.8 Å². The maximum atomic E-state index is 13.6. The zero-order valence-electron chi connectivity index (χ0n) is 14.6. The smallest absolute Gasteiger partial charge is 0.416 e. The Balaban J connectivity index is 2.09. The minimum absolute atomic E-state index is 0.0782. The number of halogens is 3. The van der Waals surface area contributed by atoms with E-state index in [2.05, 4.69) is 10.3 Å². The molecule has 1 aliphatic rings. The van der Waals surface area contributed by atoms with Crippen LogP contribution in [0.2, 0.25) is 0 Å². The molecule has 28 heavy (non-hydrogen) atoms. The third-order valence-electron chi connectivity index (χ3n) is 4.21. The fourth-order valence-corrected chi connectivity index (χ4v) is 3.05. The van der Waals surface area contributed by atoms with Crippen molar-refractivity contribution in [2.45, 2.75) is 19.1 Å². The summed E-state index contributed by atoms with van der Waals surface area (Å²) in [5.41, 5.74) is -0.876. The Labute approximate surface area is 156 Å². The van der Waals surface area contributed by atoms with E-state index in [-0.39, 0.29) is 22.8 Å². The minimum atomic E-state index is -4.64. The lowest BCUT2D eigenvalue weighted by molar-refractivity contribution is -0.482. The third kappa shape index (κ3) is 3.68. The third-order valence-corrected chi connectivity index (χ3v) is 4.21. The summed E-state index contributed by atoms with van der Waals surface area (Å²) in [4.78, 5) is 26.4. The van der Waals surface area contributed by atoms with Crippen molar-refractivity contribution < 1.29 is 27.6 Å². The number of allylic oxidation sites excluding steroid dienone is 1. The van der Waals surface area contributed by atoms with Crippen LogP contribution in [-0.4, -0.2) is 33.6 Å². The second-order valence-electron chi connectivity index (χ2n) is 6.00. The fraction of sp³-hybridized carbons (Fsp3) is 0.294. The summed E-state index contributed by atoms with van der Waals surface area (Å²) in [7, 11) is 0. The van der Waals surface area contributed by atoms with Crippen LogP contribution in [0.5, 0.6) is 0 Å². The summed E-state index contributed by atoms with van der Waals surface area (Å²) in [5.74, 6) is -0.672. The number of esters is 1. The molecule has 1 N–H and O–H groups in total. The van der Waals surface area contributed by atoms with Gasteiger partial charge in [-0.2, -0.15) is 13.2 Å². The van der Waals surface area contributed by atoms with Gasteiger partial charge in [0.2, 0.25) is 12.5 Å². The first-order valence-corrected chi connectivity index (χ1v) is 8.16. The molecule has 0 radical (unpaired) electrons. The Morgan fingerprint density at radius 2 is 2.11 bits per heavy atom. The number of anilines is 1. The van der Waals surface area contributed by atoms with Gasteiger partial charge in [-0.3, -0.25) is 10.1 Å². The first kappa shape index (κ1) is 19.4. The van der Waals surface area contributed by atoms with Gasteiger partial charge in [0.05, 0.1) is 17.2 Å². The Bertz CT molecular complexity index is 952. The van der Waals surface area contributed by atoms with Gasteiger partial charge in [0.15, 0.2) is 6.61 Å². The van der Waals surface area contributed by atoms with Gasteiger partial charge in [-0.15, -0.1) is 0 Å². The summed E-state index contributed by atoms with van der Waals surface area (Å²) in [6.07, 6.45) is -1.81. The van der Waals surface area contributed by atoms with E-state index in [9.17, 15) is 28.1 Å². The van der Waals surface area contributed by atoms with Crippen molar-refractivity contribution in [2.24, 2.45) is 0 Å². The van der Waals surface area contributed by atoms with Crippen molar-refractivity contribution in [1.29, 1.82) is 0 Å². The molecule has 1 aromatic carbocycles. The average Bonchev–Trinajstić information content (AvgIpc) is 3.07. The largest absolute Gasteiger partial charge is 0.455 e. The number of hydrogen-bond acceptors (Lipinski definition) is 6. The van der Waals surface area contributed by atoms with E-state index in [1.54, 1.807) is 0 Å². The zero-order chi connectivity index (χ0) is 20.5. The first-order chi connectivity index (χ1) is 13.2. The van der Waals surface area contributed by atoms with Crippen molar-refractivity contribution in [3.63, 3.8) is 0 Å². The van der Waals surface area contributed by atoms with Gasteiger partial charge >= 0.3 is 12.1 Å². The van der Waals surface area contributed by atoms with Gasteiger partial charge in [0.1, 0.15) is 0 Å². The van der Waals surface area contributed by atoms with Crippen LogP contribution in [0.1, 0.15) is 24.1 Å². The fourth-order valence-electron chi connectivity index (χ4n) is 3.05. The van der Waals surface area contributed by atoms with E-state index in [1.165, 1.54) is 42.1 Å². The highest BCUT2D eigenvalue weighted by Gasteiger charge is 2.40. The molecule has 8 nitrogen and oxygen atoms in total. The molecule has 3 rings (SSSR count). The molecule has 2 heterocycles. The maximum absolute atomic E-state index is 13.6. The molecule has 1 unspecified atom stereocenters. The van der Waals surface area contributed by atoms with Crippen LogP contribution in [-0.2, 0) is 15.7 Å². The van der Waals surface area contributed by atoms with Crippen molar-refractivity contribution in [1.82, 2.24) is 9.55 Å². The van der Waals surface area contributed by atoms with Gasteiger partial charge in [-0.05, 0) is 18.6 Å². The van der Waals surface area contributed by atoms with Crippen molar-refractivity contribution in [3.05, 3.63) is 69.2 Å². The highest BCUT2D eigenvalue weighted by atomic mass is 19.4. The minimum Gasteiger partial charge on any atom is -0.455 e. The number of aromatic nitrogens is 2. The number of fused-ring (bicyclic) bond motifs is 1. The first-order valence-electron chi connectivity index (χ1n) is 8.16. The van der Waals surface area contributed by atoms with E-state index in [0.717, 1.165) is 6.07 Å². The summed E-state index contributed by atoms with van der Waals surface area (Å²) in [6, 6.07) is 3.75. The molecule has 0 aliphatic carbocycles. The van der Waals surface area contributed by atoms with E-state index in [0.29, 0.717) is 0 Å². The van der Waals surface area contributed by atoms with Crippen molar-refractivity contribution in [2.75, 3.05) is 18.5 Å². The molecule has 148 valence electrons. The van der Waals surface area contributed by atoms with Crippen LogP contribution >= 0.6 is 0 Å². The molecule has 1 aromatic heterocycles. The lowest BCUT2D eigenvalue weighted by atomic mass is 9.91. The zero-order valence-corrected chi connectivity index (χ0v) is 14.6. The Hall–Kier alpha value is -3.37. The van der Waals surface area contributed by atoms with Gasteiger partial charge in [0, 0.05) is 23.0 Å². The molecule has 0 bridgehead atoms. The number of imidazole rings is 1. The summed E-state index contributed by atoms with van der Waals surface area (Å²) < 4.78 is 47.1. The Kier molecular flexibility index (Phi) is 5.08. The number of nitrogens with one attached hydrogen (secondary N) is 1. The molecular formula is C17H15F3N4O4. The Morgan fingerprint density at radius 3 is 2.79 bits per heavy atom. The van der Waals surface area contributed by atoms with E-state index in [4.69, 9.17) is 4.74 Å². The monoisotopic (exact) mass is 396 g/mol. The summed E-state index contributed by atoms with van der Waals surface area (Å²) in [5, 5.41) is 13.3. The number of benzene rings is 1. The molecule has 2 aromatic rings. The molecule has 0 spiro atoms. The van der Waals surface area contributed by atoms with Crippen LogP contribution in [0.25, 0.3) is 0 Å². The number of rotatable bonds is 5. The summed E-state index contributed by atoms with van der Waals surface area (Å²) >= 11 is 0. The lowest BCUT2D eigenvalue weighted by Crippen LogP contribution is -2.30. The van der Waals surface area contributed by atoms with Crippen LogP contribution in [0.15, 0.2) is 47.9 Å². The maximum Gasteiger partial charge on any atom is 0.416 e. The highest BCUT2D eigenvalue weighted by Crippen LogP contribution is 2.42. The Morgan fingerprint density at radius 1 is 1.39 bits per heavy atom. The van der Waals surface area contributed by atoms with E-state index in [1.807, 2.05) is 0 Å².